The zero-order valence-electron chi connectivity index (χ0n) is 15.7. The number of morpholine rings is 1. The van der Waals surface area contributed by atoms with Gasteiger partial charge in [0.1, 0.15) is 0 Å². The molecule has 1 N–H and O–H groups in total. The summed E-state index contributed by atoms with van der Waals surface area (Å²) in [4.78, 5) is 13.8. The van der Waals surface area contributed by atoms with Gasteiger partial charge in [-0.05, 0) is 29.8 Å². The number of hydrogen-bond donors (Lipinski definition) is 1. The highest BCUT2D eigenvalue weighted by Crippen LogP contribution is 2.22. The molecule has 28 heavy (non-hydrogen) atoms. The van der Waals surface area contributed by atoms with Gasteiger partial charge in [-0.2, -0.15) is 0 Å². The summed E-state index contributed by atoms with van der Waals surface area (Å²) in [6.07, 6.45) is 0. The molecule has 0 spiro atoms. The largest absolute Gasteiger partial charge is 0.465 e. The molecule has 0 amide bonds. The van der Waals surface area contributed by atoms with Crippen LogP contribution in [0, 0.1) is 0 Å². The molecule has 1 fully saturated rings. The number of ether oxygens (including phenoxy) is 2. The summed E-state index contributed by atoms with van der Waals surface area (Å²) in [6.45, 7) is 2.99. The molecule has 150 valence electrons. The highest BCUT2D eigenvalue weighted by Gasteiger charge is 2.25. The molecule has 0 aromatic heterocycles. The first-order valence-electron chi connectivity index (χ1n) is 9.06. The summed E-state index contributed by atoms with van der Waals surface area (Å²) < 4.78 is 38.2. The first-order chi connectivity index (χ1) is 13.5. The lowest BCUT2D eigenvalue weighted by Gasteiger charge is -2.34. The molecular formula is C20H24N2O5S. The Morgan fingerprint density at radius 3 is 2.36 bits per heavy atom. The fourth-order valence-corrected chi connectivity index (χ4v) is 4.22. The molecule has 7 nitrogen and oxygen atoms in total. The highest BCUT2D eigenvalue weighted by atomic mass is 32.2. The van der Waals surface area contributed by atoms with Crippen molar-refractivity contribution in [3.8, 4) is 0 Å². The number of methoxy groups -OCH3 is 1. The Kier molecular flexibility index (Phi) is 6.79. The van der Waals surface area contributed by atoms with Crippen LogP contribution in [-0.2, 0) is 19.5 Å². The van der Waals surface area contributed by atoms with Gasteiger partial charge in [-0.25, -0.2) is 17.9 Å². The Morgan fingerprint density at radius 2 is 1.75 bits per heavy atom. The first kappa shape index (κ1) is 20.5. The van der Waals surface area contributed by atoms with Gasteiger partial charge in [-0.1, -0.05) is 30.3 Å². The summed E-state index contributed by atoms with van der Waals surface area (Å²) in [5.41, 5.74) is 1.35. The smallest absolute Gasteiger partial charge is 0.337 e. The second kappa shape index (κ2) is 9.29. The van der Waals surface area contributed by atoms with E-state index < -0.39 is 16.0 Å². The topological polar surface area (TPSA) is 84.9 Å². The Labute approximate surface area is 165 Å². The standard InChI is InChI=1S/C20H24N2O5S/c1-26-20(23)17-7-9-18(10-8-17)28(24,25)21-15-19(16-5-3-2-4-6-16)22-11-13-27-14-12-22/h2-10,19,21H,11-15H2,1H3/t19-/m0/s1. The van der Waals surface area contributed by atoms with E-state index in [-0.39, 0.29) is 17.5 Å². The van der Waals surface area contributed by atoms with Crippen LogP contribution in [-0.4, -0.2) is 59.2 Å². The third-order valence-electron chi connectivity index (χ3n) is 4.72. The predicted octanol–water partition coefficient (Wildman–Crippen LogP) is 1.82. The van der Waals surface area contributed by atoms with Crippen molar-refractivity contribution in [3.05, 3.63) is 65.7 Å². The van der Waals surface area contributed by atoms with Gasteiger partial charge >= 0.3 is 5.97 Å². The quantitative estimate of drug-likeness (QED) is 0.709. The minimum Gasteiger partial charge on any atom is -0.465 e. The molecule has 0 bridgehead atoms. The molecule has 0 radical (unpaired) electrons. The molecule has 1 saturated heterocycles. The van der Waals surface area contributed by atoms with Crippen LogP contribution in [0.15, 0.2) is 59.5 Å². The summed E-state index contributed by atoms with van der Waals surface area (Å²) >= 11 is 0. The van der Waals surface area contributed by atoms with Crippen molar-refractivity contribution >= 4 is 16.0 Å². The Balaban J connectivity index is 1.75. The number of esters is 1. The lowest BCUT2D eigenvalue weighted by molar-refractivity contribution is 0.0172. The van der Waals surface area contributed by atoms with Crippen molar-refractivity contribution in [1.29, 1.82) is 0 Å². The van der Waals surface area contributed by atoms with E-state index in [0.717, 1.165) is 18.7 Å². The van der Waals surface area contributed by atoms with E-state index in [4.69, 9.17) is 4.74 Å². The van der Waals surface area contributed by atoms with E-state index in [1.165, 1.54) is 31.4 Å². The average molecular weight is 404 g/mol. The summed E-state index contributed by atoms with van der Waals surface area (Å²) in [5.74, 6) is -0.506. The van der Waals surface area contributed by atoms with Gasteiger partial charge in [0, 0.05) is 25.7 Å². The van der Waals surface area contributed by atoms with Crippen molar-refractivity contribution in [2.45, 2.75) is 10.9 Å². The fraction of sp³-hybridized carbons (Fsp3) is 0.350. The molecule has 1 aliphatic rings. The second-order valence-corrected chi connectivity index (χ2v) is 8.21. The van der Waals surface area contributed by atoms with Gasteiger partial charge in [0.05, 0.1) is 30.8 Å². The number of carbonyl (C=O) groups excluding carboxylic acids is 1. The van der Waals surface area contributed by atoms with Crippen LogP contribution in [0.4, 0.5) is 0 Å². The normalized spacial score (nSPS) is 16.5. The molecule has 3 rings (SSSR count). The molecule has 0 saturated carbocycles. The highest BCUT2D eigenvalue weighted by molar-refractivity contribution is 7.89. The molecule has 1 atom stereocenters. The van der Waals surface area contributed by atoms with Gasteiger partial charge in [0.25, 0.3) is 0 Å². The first-order valence-corrected chi connectivity index (χ1v) is 10.5. The van der Waals surface area contributed by atoms with Gasteiger partial charge in [0.2, 0.25) is 10.0 Å². The maximum absolute atomic E-state index is 12.7. The van der Waals surface area contributed by atoms with Gasteiger partial charge in [-0.15, -0.1) is 0 Å². The van der Waals surface area contributed by atoms with Gasteiger partial charge in [0.15, 0.2) is 0 Å². The third kappa shape index (κ3) is 4.96. The maximum Gasteiger partial charge on any atom is 0.337 e. The lowest BCUT2D eigenvalue weighted by Crippen LogP contribution is -2.43. The summed E-state index contributed by atoms with van der Waals surface area (Å²) in [5, 5.41) is 0. The van der Waals surface area contributed by atoms with Crippen LogP contribution in [0.1, 0.15) is 22.0 Å². The number of sulfonamides is 1. The maximum atomic E-state index is 12.7. The van der Waals surface area contributed by atoms with Crippen LogP contribution in [0.2, 0.25) is 0 Å². The molecule has 2 aromatic rings. The third-order valence-corrected chi connectivity index (χ3v) is 6.16. The van der Waals surface area contributed by atoms with Gasteiger partial charge in [-0.3, -0.25) is 4.90 Å². The van der Waals surface area contributed by atoms with E-state index in [9.17, 15) is 13.2 Å². The van der Waals surface area contributed by atoms with Crippen molar-refractivity contribution < 1.29 is 22.7 Å². The summed E-state index contributed by atoms with van der Waals surface area (Å²) in [6, 6.07) is 15.4. The van der Waals surface area contributed by atoms with Crippen LogP contribution >= 0.6 is 0 Å². The molecule has 0 unspecified atom stereocenters. The average Bonchev–Trinajstić information content (AvgIpc) is 2.75. The monoisotopic (exact) mass is 404 g/mol. The molecule has 2 aromatic carbocycles. The van der Waals surface area contributed by atoms with E-state index in [1.54, 1.807) is 0 Å². The number of rotatable bonds is 7. The Morgan fingerprint density at radius 1 is 1.11 bits per heavy atom. The van der Waals surface area contributed by atoms with E-state index in [0.29, 0.717) is 18.8 Å². The Hall–Kier alpha value is -2.26. The van der Waals surface area contributed by atoms with E-state index >= 15 is 0 Å². The fourth-order valence-electron chi connectivity index (χ4n) is 3.18. The number of nitrogens with zero attached hydrogens (tertiary/aromatic N) is 1. The zero-order chi connectivity index (χ0) is 20.0. The zero-order valence-corrected chi connectivity index (χ0v) is 16.5. The van der Waals surface area contributed by atoms with Gasteiger partial charge < -0.3 is 9.47 Å². The molecule has 8 heteroatoms. The number of hydrogen-bond acceptors (Lipinski definition) is 6. The van der Waals surface area contributed by atoms with Crippen LogP contribution in [0.5, 0.6) is 0 Å². The molecule has 0 aliphatic carbocycles. The minimum atomic E-state index is -3.71. The van der Waals surface area contributed by atoms with Crippen LogP contribution in [0.3, 0.4) is 0 Å². The number of carbonyl (C=O) groups is 1. The van der Waals surface area contributed by atoms with Crippen molar-refractivity contribution in [2.24, 2.45) is 0 Å². The molecule has 1 aliphatic heterocycles. The molecule has 1 heterocycles. The van der Waals surface area contributed by atoms with E-state index in [1.807, 2.05) is 30.3 Å². The lowest BCUT2D eigenvalue weighted by atomic mass is 10.1. The van der Waals surface area contributed by atoms with Crippen molar-refractivity contribution in [2.75, 3.05) is 40.0 Å². The second-order valence-electron chi connectivity index (χ2n) is 6.44. The van der Waals surface area contributed by atoms with Crippen molar-refractivity contribution in [1.82, 2.24) is 9.62 Å². The van der Waals surface area contributed by atoms with Crippen LogP contribution in [0.25, 0.3) is 0 Å². The van der Waals surface area contributed by atoms with Crippen molar-refractivity contribution in [3.63, 3.8) is 0 Å². The number of benzene rings is 2. The SMILES string of the molecule is COC(=O)c1ccc(S(=O)(=O)NC[C@@H](c2ccccc2)N2CCOCC2)cc1. The van der Waals surface area contributed by atoms with Crippen LogP contribution < -0.4 is 4.72 Å². The predicted molar refractivity (Wildman–Crippen MR) is 105 cm³/mol. The Bertz CT molecular complexity index is 879. The van der Waals surface area contributed by atoms with E-state index in [2.05, 4.69) is 14.4 Å². The number of nitrogens with one attached hydrogen (secondary N) is 1. The molecular weight excluding hydrogens is 380 g/mol. The minimum absolute atomic E-state index is 0.0887. The summed E-state index contributed by atoms with van der Waals surface area (Å²) in [7, 11) is -2.43.